The first kappa shape index (κ1) is 21.0. The van der Waals surface area contributed by atoms with Crippen LogP contribution >= 0.6 is 0 Å². The van der Waals surface area contributed by atoms with Crippen molar-refractivity contribution in [1.29, 1.82) is 0 Å². The Morgan fingerprint density at radius 1 is 1.00 bits per heavy atom. The Balaban J connectivity index is 1.88. The molecule has 30 heavy (non-hydrogen) atoms. The zero-order chi connectivity index (χ0) is 21.3. The van der Waals surface area contributed by atoms with Gasteiger partial charge in [-0.25, -0.2) is 4.79 Å². The summed E-state index contributed by atoms with van der Waals surface area (Å²) >= 11 is 0. The number of amides is 1. The van der Waals surface area contributed by atoms with E-state index in [1.54, 1.807) is 24.4 Å². The van der Waals surface area contributed by atoms with Gasteiger partial charge in [-0.2, -0.15) is 0 Å². The minimum atomic E-state index is -1.05. The maximum absolute atomic E-state index is 13.1. The SMILES string of the molecule is Cc1ccc(C=CC(=O)N(Cc2ccccn2)[C@@H](Cc2ccccc2)C(=O)O)cc1. The fourth-order valence-corrected chi connectivity index (χ4v) is 3.12. The highest BCUT2D eigenvalue weighted by atomic mass is 16.4. The molecule has 1 heterocycles. The van der Waals surface area contributed by atoms with Gasteiger partial charge in [0.05, 0.1) is 12.2 Å². The molecule has 152 valence electrons. The first-order chi connectivity index (χ1) is 14.5. The predicted molar refractivity (Wildman–Crippen MR) is 117 cm³/mol. The fraction of sp³-hybridized carbons (Fsp3) is 0.160. The van der Waals surface area contributed by atoms with Gasteiger partial charge in [-0.05, 0) is 36.3 Å². The Labute approximate surface area is 176 Å². The lowest BCUT2D eigenvalue weighted by molar-refractivity contribution is -0.149. The van der Waals surface area contributed by atoms with Crippen molar-refractivity contribution in [3.8, 4) is 0 Å². The summed E-state index contributed by atoms with van der Waals surface area (Å²) in [5.41, 5.74) is 3.49. The molecular weight excluding hydrogens is 376 g/mol. The third-order valence-electron chi connectivity index (χ3n) is 4.77. The number of carboxylic acid groups (broad SMARTS) is 1. The summed E-state index contributed by atoms with van der Waals surface area (Å²) in [6, 6.07) is 21.5. The van der Waals surface area contributed by atoms with Crippen molar-refractivity contribution >= 4 is 18.0 Å². The molecule has 1 amide bonds. The molecule has 1 N–H and O–H groups in total. The van der Waals surface area contributed by atoms with Gasteiger partial charge >= 0.3 is 5.97 Å². The van der Waals surface area contributed by atoms with Crippen molar-refractivity contribution in [3.05, 3.63) is 107 Å². The molecule has 0 saturated heterocycles. The second kappa shape index (κ2) is 10.2. The van der Waals surface area contributed by atoms with Crippen LogP contribution in [-0.2, 0) is 22.6 Å². The third-order valence-corrected chi connectivity index (χ3v) is 4.77. The number of aliphatic carboxylic acids is 1. The van der Waals surface area contributed by atoms with E-state index in [1.807, 2.05) is 67.6 Å². The van der Waals surface area contributed by atoms with Gasteiger partial charge < -0.3 is 10.0 Å². The zero-order valence-electron chi connectivity index (χ0n) is 16.8. The molecule has 0 unspecified atom stereocenters. The molecule has 0 spiro atoms. The number of pyridine rings is 1. The van der Waals surface area contributed by atoms with Crippen molar-refractivity contribution in [2.75, 3.05) is 0 Å². The van der Waals surface area contributed by atoms with E-state index < -0.39 is 12.0 Å². The van der Waals surface area contributed by atoms with Crippen LogP contribution in [0.25, 0.3) is 6.08 Å². The molecule has 0 radical (unpaired) electrons. The molecule has 5 nitrogen and oxygen atoms in total. The van der Waals surface area contributed by atoms with Gasteiger partial charge in [0.15, 0.2) is 0 Å². The van der Waals surface area contributed by atoms with Crippen molar-refractivity contribution in [2.24, 2.45) is 0 Å². The largest absolute Gasteiger partial charge is 0.480 e. The van der Waals surface area contributed by atoms with Crippen LogP contribution in [0.1, 0.15) is 22.4 Å². The summed E-state index contributed by atoms with van der Waals surface area (Å²) < 4.78 is 0. The number of hydrogen-bond donors (Lipinski definition) is 1. The minimum absolute atomic E-state index is 0.113. The average molecular weight is 400 g/mol. The van der Waals surface area contributed by atoms with E-state index in [2.05, 4.69) is 4.98 Å². The molecule has 0 saturated carbocycles. The van der Waals surface area contributed by atoms with Crippen LogP contribution in [0.15, 0.2) is 85.1 Å². The van der Waals surface area contributed by atoms with Gasteiger partial charge in [0.1, 0.15) is 6.04 Å². The Morgan fingerprint density at radius 3 is 2.33 bits per heavy atom. The first-order valence-corrected chi connectivity index (χ1v) is 9.75. The number of hydrogen-bond acceptors (Lipinski definition) is 3. The molecule has 2 aromatic carbocycles. The summed E-state index contributed by atoms with van der Waals surface area (Å²) in [6.45, 7) is 2.11. The van der Waals surface area contributed by atoms with Crippen LogP contribution in [0.2, 0.25) is 0 Å². The third kappa shape index (κ3) is 5.88. The summed E-state index contributed by atoms with van der Waals surface area (Å²) in [6.07, 6.45) is 4.98. The number of aromatic nitrogens is 1. The van der Waals surface area contributed by atoms with Crippen molar-refractivity contribution in [1.82, 2.24) is 9.88 Å². The van der Waals surface area contributed by atoms with Crippen LogP contribution in [-0.4, -0.2) is 32.9 Å². The maximum Gasteiger partial charge on any atom is 0.326 e. The summed E-state index contributed by atoms with van der Waals surface area (Å²) in [7, 11) is 0. The lowest BCUT2D eigenvalue weighted by atomic mass is 10.0. The molecule has 0 bridgehead atoms. The van der Waals surface area contributed by atoms with E-state index in [4.69, 9.17) is 0 Å². The van der Waals surface area contributed by atoms with Crippen LogP contribution in [0.4, 0.5) is 0 Å². The Hall–Kier alpha value is -3.73. The number of aryl methyl sites for hydroxylation is 1. The minimum Gasteiger partial charge on any atom is -0.480 e. The summed E-state index contributed by atoms with van der Waals surface area (Å²) in [4.78, 5) is 30.8. The number of rotatable bonds is 8. The molecule has 1 atom stereocenters. The summed E-state index contributed by atoms with van der Waals surface area (Å²) in [5.74, 6) is -1.42. The lowest BCUT2D eigenvalue weighted by Crippen LogP contribution is -2.45. The van der Waals surface area contributed by atoms with Gasteiger partial charge in [-0.3, -0.25) is 9.78 Å². The van der Waals surface area contributed by atoms with Gasteiger partial charge in [0.25, 0.3) is 0 Å². The Bertz CT molecular complexity index is 1000. The monoisotopic (exact) mass is 400 g/mol. The predicted octanol–water partition coefficient (Wildman–Crippen LogP) is 4.13. The molecule has 0 aliphatic carbocycles. The normalized spacial score (nSPS) is 11.9. The number of nitrogens with zero attached hydrogens (tertiary/aromatic N) is 2. The van der Waals surface area contributed by atoms with E-state index in [0.717, 1.165) is 16.7 Å². The topological polar surface area (TPSA) is 70.5 Å². The van der Waals surface area contributed by atoms with E-state index in [0.29, 0.717) is 5.69 Å². The molecular formula is C25H24N2O3. The molecule has 3 rings (SSSR count). The number of carboxylic acids is 1. The molecule has 0 fully saturated rings. The van der Waals surface area contributed by atoms with Crippen LogP contribution < -0.4 is 0 Å². The standard InChI is InChI=1S/C25H24N2O3/c1-19-10-12-20(13-11-19)14-15-24(28)27(18-22-9-5-6-16-26-22)23(25(29)30)17-21-7-3-2-4-8-21/h2-16,23H,17-18H2,1H3,(H,29,30)/t23-/m0/s1. The highest BCUT2D eigenvalue weighted by molar-refractivity contribution is 5.94. The molecule has 3 aromatic rings. The van der Waals surface area contributed by atoms with Crippen molar-refractivity contribution < 1.29 is 14.7 Å². The smallest absolute Gasteiger partial charge is 0.326 e. The quantitative estimate of drug-likeness (QED) is 0.577. The first-order valence-electron chi connectivity index (χ1n) is 9.75. The lowest BCUT2D eigenvalue weighted by Gasteiger charge is -2.28. The molecule has 1 aromatic heterocycles. The maximum atomic E-state index is 13.1. The van der Waals surface area contributed by atoms with Gasteiger partial charge in [0, 0.05) is 18.7 Å². The van der Waals surface area contributed by atoms with E-state index >= 15 is 0 Å². The van der Waals surface area contributed by atoms with E-state index in [1.165, 1.54) is 11.0 Å². The van der Waals surface area contributed by atoms with E-state index in [-0.39, 0.29) is 18.9 Å². The second-order valence-corrected chi connectivity index (χ2v) is 7.07. The highest BCUT2D eigenvalue weighted by Crippen LogP contribution is 2.15. The zero-order valence-corrected chi connectivity index (χ0v) is 16.8. The van der Waals surface area contributed by atoms with Crippen LogP contribution in [0.3, 0.4) is 0 Å². The number of carbonyl (C=O) groups is 2. The molecule has 0 aliphatic rings. The van der Waals surface area contributed by atoms with Crippen LogP contribution in [0, 0.1) is 6.92 Å². The number of carbonyl (C=O) groups excluding carboxylic acids is 1. The Morgan fingerprint density at radius 2 is 1.70 bits per heavy atom. The van der Waals surface area contributed by atoms with Gasteiger partial charge in [-0.15, -0.1) is 0 Å². The fourth-order valence-electron chi connectivity index (χ4n) is 3.12. The highest BCUT2D eigenvalue weighted by Gasteiger charge is 2.29. The summed E-state index contributed by atoms with van der Waals surface area (Å²) in [5, 5.41) is 9.91. The van der Waals surface area contributed by atoms with Crippen LogP contribution in [0.5, 0.6) is 0 Å². The van der Waals surface area contributed by atoms with E-state index in [9.17, 15) is 14.7 Å². The molecule has 5 heteroatoms. The van der Waals surface area contributed by atoms with Gasteiger partial charge in [-0.1, -0.05) is 66.2 Å². The second-order valence-electron chi connectivity index (χ2n) is 7.07. The average Bonchev–Trinajstić information content (AvgIpc) is 2.77. The van der Waals surface area contributed by atoms with Gasteiger partial charge in [0.2, 0.25) is 5.91 Å². The Kier molecular flexibility index (Phi) is 7.11. The number of benzene rings is 2. The van der Waals surface area contributed by atoms with Crippen molar-refractivity contribution in [3.63, 3.8) is 0 Å². The molecule has 0 aliphatic heterocycles. The van der Waals surface area contributed by atoms with Crippen molar-refractivity contribution in [2.45, 2.75) is 25.9 Å².